The number of hydrogen-bond acceptors (Lipinski definition) is 3. The minimum absolute atomic E-state index is 0.113. The van der Waals surface area contributed by atoms with Gasteiger partial charge in [-0.05, 0) is 24.7 Å². The van der Waals surface area contributed by atoms with Gasteiger partial charge in [-0.25, -0.2) is 4.98 Å². The molecule has 1 aromatic heterocycles. The van der Waals surface area contributed by atoms with E-state index in [9.17, 15) is 0 Å². The Balaban J connectivity index is 2.28. The summed E-state index contributed by atoms with van der Waals surface area (Å²) >= 11 is 0. The molecule has 0 amide bonds. The van der Waals surface area contributed by atoms with Gasteiger partial charge < -0.3 is 14.6 Å². The van der Waals surface area contributed by atoms with Crippen LogP contribution in [0.15, 0.2) is 36.8 Å². The molecule has 1 heterocycles. The first-order valence-corrected chi connectivity index (χ1v) is 5.53. The molecule has 1 atom stereocenters. The quantitative estimate of drug-likeness (QED) is 0.871. The molecule has 90 valence electrons. The average molecular weight is 231 g/mol. The second-order valence-electron chi connectivity index (χ2n) is 3.96. The molecule has 0 saturated carbocycles. The molecule has 0 aliphatic rings. The Kier molecular flexibility index (Phi) is 3.44. The van der Waals surface area contributed by atoms with E-state index in [0.29, 0.717) is 0 Å². The van der Waals surface area contributed by atoms with E-state index in [1.54, 1.807) is 7.11 Å². The SMILES string of the molecule is CNC(c1ccc(OC)cc1)c1cn(C)cn1. The monoisotopic (exact) mass is 231 g/mol. The number of ether oxygens (including phenoxy) is 1. The fourth-order valence-electron chi connectivity index (χ4n) is 1.86. The second-order valence-corrected chi connectivity index (χ2v) is 3.96. The maximum absolute atomic E-state index is 5.15. The van der Waals surface area contributed by atoms with Gasteiger partial charge in [0.2, 0.25) is 0 Å². The zero-order valence-electron chi connectivity index (χ0n) is 10.3. The summed E-state index contributed by atoms with van der Waals surface area (Å²) in [5.41, 5.74) is 2.19. The van der Waals surface area contributed by atoms with Crippen molar-refractivity contribution in [3.8, 4) is 5.75 Å². The molecule has 1 N–H and O–H groups in total. The molecule has 17 heavy (non-hydrogen) atoms. The predicted molar refractivity (Wildman–Crippen MR) is 67.1 cm³/mol. The number of imidazole rings is 1. The maximum Gasteiger partial charge on any atom is 0.118 e. The summed E-state index contributed by atoms with van der Waals surface area (Å²) in [4.78, 5) is 4.38. The number of aromatic nitrogens is 2. The highest BCUT2D eigenvalue weighted by atomic mass is 16.5. The van der Waals surface area contributed by atoms with Gasteiger partial charge in [0.05, 0.1) is 25.2 Å². The van der Waals surface area contributed by atoms with Crippen molar-refractivity contribution in [3.05, 3.63) is 48.0 Å². The van der Waals surface area contributed by atoms with Crippen LogP contribution in [0.1, 0.15) is 17.3 Å². The molecule has 0 fully saturated rings. The number of benzene rings is 1. The van der Waals surface area contributed by atoms with Crippen LogP contribution in [-0.2, 0) is 7.05 Å². The molecule has 2 aromatic rings. The molecule has 0 aliphatic heterocycles. The summed E-state index contributed by atoms with van der Waals surface area (Å²) in [6.07, 6.45) is 3.83. The van der Waals surface area contributed by atoms with E-state index in [1.165, 1.54) is 5.56 Å². The number of nitrogens with zero attached hydrogens (tertiary/aromatic N) is 2. The first-order chi connectivity index (χ1) is 8.24. The lowest BCUT2D eigenvalue weighted by atomic mass is 10.0. The highest BCUT2D eigenvalue weighted by molar-refractivity contribution is 5.32. The maximum atomic E-state index is 5.15. The van der Waals surface area contributed by atoms with E-state index in [1.807, 2.05) is 43.3 Å². The van der Waals surface area contributed by atoms with Crippen LogP contribution in [0.3, 0.4) is 0 Å². The van der Waals surface area contributed by atoms with Gasteiger partial charge in [-0.2, -0.15) is 0 Å². The van der Waals surface area contributed by atoms with E-state index in [0.717, 1.165) is 11.4 Å². The topological polar surface area (TPSA) is 39.1 Å². The van der Waals surface area contributed by atoms with Gasteiger partial charge in [0.25, 0.3) is 0 Å². The highest BCUT2D eigenvalue weighted by Gasteiger charge is 2.14. The molecule has 4 heteroatoms. The van der Waals surface area contributed by atoms with E-state index in [4.69, 9.17) is 4.74 Å². The van der Waals surface area contributed by atoms with Gasteiger partial charge in [-0.15, -0.1) is 0 Å². The Morgan fingerprint density at radius 2 is 2.00 bits per heavy atom. The Morgan fingerprint density at radius 1 is 1.29 bits per heavy atom. The lowest BCUT2D eigenvalue weighted by Crippen LogP contribution is -2.17. The molecule has 0 bridgehead atoms. The van der Waals surface area contributed by atoms with Crippen molar-refractivity contribution in [2.45, 2.75) is 6.04 Å². The van der Waals surface area contributed by atoms with Crippen LogP contribution in [0.4, 0.5) is 0 Å². The van der Waals surface area contributed by atoms with Crippen molar-refractivity contribution in [3.63, 3.8) is 0 Å². The third-order valence-corrected chi connectivity index (χ3v) is 2.76. The van der Waals surface area contributed by atoms with Gasteiger partial charge in [0.15, 0.2) is 0 Å². The molecule has 1 aromatic carbocycles. The van der Waals surface area contributed by atoms with Crippen LogP contribution in [0, 0.1) is 0 Å². The number of nitrogens with one attached hydrogen (secondary N) is 1. The normalized spacial score (nSPS) is 12.4. The molecular formula is C13H17N3O. The Morgan fingerprint density at radius 3 is 2.47 bits per heavy atom. The lowest BCUT2D eigenvalue weighted by Gasteiger charge is -2.14. The fraction of sp³-hybridized carbons (Fsp3) is 0.308. The largest absolute Gasteiger partial charge is 0.497 e. The van der Waals surface area contributed by atoms with Crippen LogP contribution in [0.5, 0.6) is 5.75 Å². The van der Waals surface area contributed by atoms with E-state index < -0.39 is 0 Å². The third-order valence-electron chi connectivity index (χ3n) is 2.76. The van der Waals surface area contributed by atoms with Crippen molar-refractivity contribution >= 4 is 0 Å². The molecule has 0 saturated heterocycles. The van der Waals surface area contributed by atoms with Gasteiger partial charge in [0, 0.05) is 13.2 Å². The molecular weight excluding hydrogens is 214 g/mol. The summed E-state index contributed by atoms with van der Waals surface area (Å²) in [6, 6.07) is 8.14. The molecule has 2 rings (SSSR count). The highest BCUT2D eigenvalue weighted by Crippen LogP contribution is 2.22. The van der Waals surface area contributed by atoms with Crippen molar-refractivity contribution in [2.75, 3.05) is 14.2 Å². The van der Waals surface area contributed by atoms with Gasteiger partial charge in [0.1, 0.15) is 5.75 Å². The first-order valence-electron chi connectivity index (χ1n) is 5.53. The zero-order valence-corrected chi connectivity index (χ0v) is 10.3. The second kappa shape index (κ2) is 5.01. The Hall–Kier alpha value is -1.81. The zero-order chi connectivity index (χ0) is 12.3. The van der Waals surface area contributed by atoms with Crippen molar-refractivity contribution < 1.29 is 4.74 Å². The Labute approximate surface area is 101 Å². The fourth-order valence-corrected chi connectivity index (χ4v) is 1.86. The van der Waals surface area contributed by atoms with Crippen molar-refractivity contribution in [2.24, 2.45) is 7.05 Å². The Bertz CT molecular complexity index is 476. The molecule has 0 spiro atoms. The summed E-state index contributed by atoms with van der Waals surface area (Å²) in [7, 11) is 5.57. The minimum Gasteiger partial charge on any atom is -0.497 e. The number of methoxy groups -OCH3 is 1. The average Bonchev–Trinajstić information content (AvgIpc) is 2.78. The van der Waals surface area contributed by atoms with Crippen molar-refractivity contribution in [1.82, 2.24) is 14.9 Å². The number of aryl methyl sites for hydroxylation is 1. The minimum atomic E-state index is 0.113. The van der Waals surface area contributed by atoms with E-state index in [-0.39, 0.29) is 6.04 Å². The molecule has 4 nitrogen and oxygen atoms in total. The summed E-state index contributed by atoms with van der Waals surface area (Å²) < 4.78 is 7.10. The summed E-state index contributed by atoms with van der Waals surface area (Å²) in [6.45, 7) is 0. The van der Waals surface area contributed by atoms with Crippen LogP contribution in [0.25, 0.3) is 0 Å². The summed E-state index contributed by atoms with van der Waals surface area (Å²) in [5.74, 6) is 0.865. The van der Waals surface area contributed by atoms with Crippen LogP contribution < -0.4 is 10.1 Å². The molecule has 0 radical (unpaired) electrons. The molecule has 0 aliphatic carbocycles. The lowest BCUT2D eigenvalue weighted by molar-refractivity contribution is 0.414. The number of rotatable bonds is 4. The van der Waals surface area contributed by atoms with Gasteiger partial charge >= 0.3 is 0 Å². The standard InChI is InChI=1S/C13H17N3O/c1-14-13(12-8-16(2)9-15-12)10-4-6-11(17-3)7-5-10/h4-9,13-14H,1-3H3. The van der Waals surface area contributed by atoms with E-state index >= 15 is 0 Å². The van der Waals surface area contributed by atoms with E-state index in [2.05, 4.69) is 22.4 Å². The first kappa shape index (κ1) is 11.7. The van der Waals surface area contributed by atoms with Crippen LogP contribution in [0.2, 0.25) is 0 Å². The molecule has 1 unspecified atom stereocenters. The van der Waals surface area contributed by atoms with Crippen molar-refractivity contribution in [1.29, 1.82) is 0 Å². The smallest absolute Gasteiger partial charge is 0.118 e. The van der Waals surface area contributed by atoms with Crippen LogP contribution in [-0.4, -0.2) is 23.7 Å². The number of hydrogen-bond donors (Lipinski definition) is 1. The van der Waals surface area contributed by atoms with Gasteiger partial charge in [-0.1, -0.05) is 12.1 Å². The third kappa shape index (κ3) is 2.47. The predicted octanol–water partition coefficient (Wildman–Crippen LogP) is 1.74. The van der Waals surface area contributed by atoms with Gasteiger partial charge in [-0.3, -0.25) is 0 Å². The van der Waals surface area contributed by atoms with Crippen LogP contribution >= 0.6 is 0 Å². The summed E-state index contributed by atoms with van der Waals surface area (Å²) in [5, 5.41) is 3.27.